The van der Waals surface area contributed by atoms with Gasteiger partial charge in [0, 0.05) is 9.80 Å². The first kappa shape index (κ1) is 9.55. The second-order valence-corrected chi connectivity index (χ2v) is 4.30. The maximum absolute atomic E-state index is 9.23. The van der Waals surface area contributed by atoms with Gasteiger partial charge in [-0.3, -0.25) is 0 Å². The molecule has 0 atom stereocenters. The van der Waals surface area contributed by atoms with Gasteiger partial charge in [0.05, 0.1) is 4.47 Å². The summed E-state index contributed by atoms with van der Waals surface area (Å²) in [6.07, 6.45) is 0. The van der Waals surface area contributed by atoms with E-state index in [1.54, 1.807) is 6.07 Å². The monoisotopic (exact) mass is 342 g/mol. The molecule has 0 heterocycles. The van der Waals surface area contributed by atoms with E-state index in [0.717, 1.165) is 19.8 Å². The molecule has 1 nitrogen and oxygen atoms in total. The van der Waals surface area contributed by atoms with Gasteiger partial charge in [0.1, 0.15) is 5.75 Å². The molecule has 1 N–H and O–H groups in total. The standard InChI is InChI=1S/C7H5Br3O/c8-3-4-1-6(10)7(11)2-5(4)9/h1-2,11H,3H2. The van der Waals surface area contributed by atoms with E-state index in [1.807, 2.05) is 6.07 Å². The van der Waals surface area contributed by atoms with Gasteiger partial charge in [-0.25, -0.2) is 0 Å². The second kappa shape index (κ2) is 3.92. The zero-order chi connectivity index (χ0) is 8.43. The van der Waals surface area contributed by atoms with Crippen molar-refractivity contribution in [2.24, 2.45) is 0 Å². The van der Waals surface area contributed by atoms with E-state index in [9.17, 15) is 5.11 Å². The average molecular weight is 345 g/mol. The van der Waals surface area contributed by atoms with Gasteiger partial charge in [0.15, 0.2) is 0 Å². The van der Waals surface area contributed by atoms with Gasteiger partial charge in [-0.2, -0.15) is 0 Å². The van der Waals surface area contributed by atoms with Crippen molar-refractivity contribution in [1.29, 1.82) is 0 Å². The molecular weight excluding hydrogens is 340 g/mol. The molecular formula is C7H5Br3O. The summed E-state index contributed by atoms with van der Waals surface area (Å²) in [5, 5.41) is 10.00. The lowest BCUT2D eigenvalue weighted by molar-refractivity contribution is 0.471. The molecule has 0 saturated carbocycles. The molecule has 1 aromatic rings. The number of alkyl halides is 1. The minimum absolute atomic E-state index is 0.251. The Morgan fingerprint density at radius 3 is 2.36 bits per heavy atom. The van der Waals surface area contributed by atoms with Crippen LogP contribution in [0.1, 0.15) is 5.56 Å². The number of aromatic hydroxyl groups is 1. The fourth-order valence-electron chi connectivity index (χ4n) is 0.680. The lowest BCUT2D eigenvalue weighted by atomic mass is 10.2. The van der Waals surface area contributed by atoms with E-state index in [1.165, 1.54) is 0 Å². The molecule has 0 aromatic heterocycles. The van der Waals surface area contributed by atoms with Crippen LogP contribution in [0.5, 0.6) is 5.75 Å². The summed E-state index contributed by atoms with van der Waals surface area (Å²) in [6.45, 7) is 0. The first-order chi connectivity index (χ1) is 5.15. The number of hydrogen-bond acceptors (Lipinski definition) is 1. The summed E-state index contributed by atoms with van der Waals surface area (Å²) in [7, 11) is 0. The van der Waals surface area contributed by atoms with Crippen LogP contribution in [0.2, 0.25) is 0 Å². The van der Waals surface area contributed by atoms with E-state index < -0.39 is 0 Å². The van der Waals surface area contributed by atoms with Crippen molar-refractivity contribution in [3.05, 3.63) is 26.6 Å². The number of phenols is 1. The van der Waals surface area contributed by atoms with Gasteiger partial charge in [0.2, 0.25) is 0 Å². The van der Waals surface area contributed by atoms with Gasteiger partial charge >= 0.3 is 0 Å². The summed E-state index contributed by atoms with van der Waals surface area (Å²) in [5.41, 5.74) is 1.11. The predicted octanol–water partition coefficient (Wildman–Crippen LogP) is 3.81. The molecule has 0 aliphatic rings. The van der Waals surface area contributed by atoms with Crippen LogP contribution in [-0.2, 0) is 5.33 Å². The van der Waals surface area contributed by atoms with E-state index in [4.69, 9.17) is 0 Å². The van der Waals surface area contributed by atoms with Gasteiger partial charge in [0.25, 0.3) is 0 Å². The summed E-state index contributed by atoms with van der Waals surface area (Å²) >= 11 is 9.89. The van der Waals surface area contributed by atoms with Crippen LogP contribution in [0, 0.1) is 0 Å². The molecule has 0 unspecified atom stereocenters. The third-order valence-electron chi connectivity index (χ3n) is 1.26. The van der Waals surface area contributed by atoms with Crippen LogP contribution in [0.4, 0.5) is 0 Å². The van der Waals surface area contributed by atoms with Crippen LogP contribution in [-0.4, -0.2) is 5.11 Å². The maximum Gasteiger partial charge on any atom is 0.130 e. The quantitative estimate of drug-likeness (QED) is 0.768. The van der Waals surface area contributed by atoms with Gasteiger partial charge in [-0.05, 0) is 33.6 Å². The Bertz CT molecular complexity index is 273. The van der Waals surface area contributed by atoms with Crippen LogP contribution >= 0.6 is 47.8 Å². The molecule has 0 aliphatic heterocycles. The Labute approximate surface area is 90.2 Å². The molecule has 0 radical (unpaired) electrons. The van der Waals surface area contributed by atoms with Crippen molar-refractivity contribution in [1.82, 2.24) is 0 Å². The zero-order valence-electron chi connectivity index (χ0n) is 5.44. The molecule has 60 valence electrons. The second-order valence-electron chi connectivity index (χ2n) is 2.03. The first-order valence-electron chi connectivity index (χ1n) is 2.88. The van der Waals surface area contributed by atoms with E-state index in [2.05, 4.69) is 47.8 Å². The topological polar surface area (TPSA) is 20.2 Å². The minimum Gasteiger partial charge on any atom is -0.507 e. The third kappa shape index (κ3) is 2.20. The number of rotatable bonds is 1. The predicted molar refractivity (Wildman–Crippen MR) is 56.1 cm³/mol. The Morgan fingerprint density at radius 1 is 1.18 bits per heavy atom. The Kier molecular flexibility index (Phi) is 3.40. The molecule has 0 bridgehead atoms. The Hall–Kier alpha value is 0.460. The highest BCUT2D eigenvalue weighted by Crippen LogP contribution is 2.31. The number of phenolic OH excluding ortho intramolecular Hbond substituents is 1. The summed E-state index contributed by atoms with van der Waals surface area (Å²) in [4.78, 5) is 0. The fraction of sp³-hybridized carbons (Fsp3) is 0.143. The Morgan fingerprint density at radius 2 is 1.82 bits per heavy atom. The molecule has 4 heteroatoms. The summed E-state index contributed by atoms with van der Waals surface area (Å²) < 4.78 is 1.63. The van der Waals surface area contributed by atoms with E-state index >= 15 is 0 Å². The highest BCUT2D eigenvalue weighted by atomic mass is 79.9. The SMILES string of the molecule is Oc1cc(Br)c(CBr)cc1Br. The molecule has 0 aliphatic carbocycles. The smallest absolute Gasteiger partial charge is 0.130 e. The highest BCUT2D eigenvalue weighted by Gasteiger charge is 2.03. The zero-order valence-corrected chi connectivity index (χ0v) is 10.2. The van der Waals surface area contributed by atoms with Crippen molar-refractivity contribution in [3.8, 4) is 5.75 Å². The first-order valence-corrected chi connectivity index (χ1v) is 5.58. The van der Waals surface area contributed by atoms with Crippen molar-refractivity contribution in [2.45, 2.75) is 5.33 Å². The third-order valence-corrected chi connectivity index (χ3v) is 3.24. The number of benzene rings is 1. The lowest BCUT2D eigenvalue weighted by Crippen LogP contribution is -1.80. The van der Waals surface area contributed by atoms with Crippen molar-refractivity contribution < 1.29 is 5.11 Å². The number of halogens is 3. The number of hydrogen-bond donors (Lipinski definition) is 1. The van der Waals surface area contributed by atoms with Crippen LogP contribution < -0.4 is 0 Å². The lowest BCUT2D eigenvalue weighted by Gasteiger charge is -2.02. The fourth-order valence-corrected chi connectivity index (χ4v) is 2.38. The average Bonchev–Trinajstić information content (AvgIpc) is 1.97. The van der Waals surface area contributed by atoms with E-state index in [-0.39, 0.29) is 5.75 Å². The van der Waals surface area contributed by atoms with Gasteiger partial charge in [-0.1, -0.05) is 31.9 Å². The van der Waals surface area contributed by atoms with Crippen LogP contribution in [0.25, 0.3) is 0 Å². The molecule has 0 fully saturated rings. The van der Waals surface area contributed by atoms with Gasteiger partial charge in [-0.15, -0.1) is 0 Å². The van der Waals surface area contributed by atoms with Gasteiger partial charge < -0.3 is 5.11 Å². The largest absolute Gasteiger partial charge is 0.507 e. The van der Waals surface area contributed by atoms with Crippen molar-refractivity contribution in [3.63, 3.8) is 0 Å². The van der Waals surface area contributed by atoms with Crippen molar-refractivity contribution in [2.75, 3.05) is 0 Å². The Balaban J connectivity index is 3.21. The van der Waals surface area contributed by atoms with E-state index in [0.29, 0.717) is 0 Å². The van der Waals surface area contributed by atoms with Crippen LogP contribution in [0.3, 0.4) is 0 Å². The molecule has 1 rings (SSSR count). The molecule has 0 saturated heterocycles. The highest BCUT2D eigenvalue weighted by molar-refractivity contribution is 9.11. The molecule has 0 spiro atoms. The summed E-state index contributed by atoms with van der Waals surface area (Å²) in [6, 6.07) is 3.54. The molecule has 1 aromatic carbocycles. The minimum atomic E-state index is 0.251. The van der Waals surface area contributed by atoms with Crippen LogP contribution in [0.15, 0.2) is 21.1 Å². The van der Waals surface area contributed by atoms with Crippen molar-refractivity contribution >= 4 is 47.8 Å². The molecule has 11 heavy (non-hydrogen) atoms. The summed E-state index contributed by atoms with van der Waals surface area (Å²) in [5.74, 6) is 0.251. The maximum atomic E-state index is 9.23. The molecule has 0 amide bonds. The normalized spacial score (nSPS) is 10.1.